The standard InChI is InChI=1S/C21H21N5O3/c1-12(2)23-18-8-5-14(9-15(18)11-22)21-25-20(26-29-21)17-7-6-16(24-13(3)27)10-19(17)28-4/h5-10,12,23H,1-4H3,(H,24,27). The van der Waals surface area contributed by atoms with Crippen LogP contribution in [0.5, 0.6) is 5.75 Å². The Labute approximate surface area is 168 Å². The summed E-state index contributed by atoms with van der Waals surface area (Å²) in [5, 5.41) is 19.4. The molecular formula is C21H21N5O3. The summed E-state index contributed by atoms with van der Waals surface area (Å²) < 4.78 is 10.8. The third-order valence-corrected chi connectivity index (χ3v) is 4.02. The molecule has 1 amide bonds. The normalized spacial score (nSPS) is 10.5. The highest BCUT2D eigenvalue weighted by atomic mass is 16.5. The first kappa shape index (κ1) is 19.9. The molecule has 29 heavy (non-hydrogen) atoms. The molecule has 0 aliphatic rings. The van der Waals surface area contributed by atoms with E-state index in [1.165, 1.54) is 14.0 Å². The predicted molar refractivity (Wildman–Crippen MR) is 109 cm³/mol. The van der Waals surface area contributed by atoms with E-state index >= 15 is 0 Å². The Balaban J connectivity index is 1.93. The number of anilines is 2. The second-order valence-electron chi connectivity index (χ2n) is 6.69. The van der Waals surface area contributed by atoms with E-state index in [0.29, 0.717) is 39.8 Å². The minimum Gasteiger partial charge on any atom is -0.496 e. The number of amides is 1. The smallest absolute Gasteiger partial charge is 0.258 e. The van der Waals surface area contributed by atoms with Gasteiger partial charge in [-0.15, -0.1) is 0 Å². The minimum absolute atomic E-state index is 0.176. The first-order valence-corrected chi connectivity index (χ1v) is 9.02. The van der Waals surface area contributed by atoms with Crippen molar-refractivity contribution >= 4 is 17.3 Å². The Morgan fingerprint density at radius 2 is 2.03 bits per heavy atom. The van der Waals surface area contributed by atoms with Gasteiger partial charge in [-0.1, -0.05) is 5.16 Å². The van der Waals surface area contributed by atoms with E-state index in [4.69, 9.17) is 9.26 Å². The number of aromatic nitrogens is 2. The average Bonchev–Trinajstić information content (AvgIpc) is 3.17. The zero-order chi connectivity index (χ0) is 21.0. The number of benzene rings is 2. The van der Waals surface area contributed by atoms with Gasteiger partial charge in [-0.05, 0) is 44.2 Å². The molecule has 1 aromatic heterocycles. The van der Waals surface area contributed by atoms with E-state index in [0.717, 1.165) is 5.69 Å². The van der Waals surface area contributed by atoms with Gasteiger partial charge in [0.25, 0.3) is 5.89 Å². The number of nitrogens with one attached hydrogen (secondary N) is 2. The molecule has 1 heterocycles. The molecule has 0 atom stereocenters. The van der Waals surface area contributed by atoms with Crippen LogP contribution in [-0.2, 0) is 4.79 Å². The lowest BCUT2D eigenvalue weighted by molar-refractivity contribution is -0.114. The Hall–Kier alpha value is -3.86. The van der Waals surface area contributed by atoms with E-state index in [-0.39, 0.29) is 11.9 Å². The van der Waals surface area contributed by atoms with E-state index in [1.54, 1.807) is 24.3 Å². The first-order chi connectivity index (χ1) is 13.9. The van der Waals surface area contributed by atoms with Crippen LogP contribution in [-0.4, -0.2) is 29.2 Å². The molecule has 0 bridgehead atoms. The van der Waals surface area contributed by atoms with Crippen LogP contribution in [0.2, 0.25) is 0 Å². The van der Waals surface area contributed by atoms with Crippen molar-refractivity contribution in [2.45, 2.75) is 26.8 Å². The van der Waals surface area contributed by atoms with Gasteiger partial charge in [0.05, 0.1) is 23.9 Å². The van der Waals surface area contributed by atoms with Crippen LogP contribution >= 0.6 is 0 Å². The highest BCUT2D eigenvalue weighted by molar-refractivity contribution is 5.89. The van der Waals surface area contributed by atoms with Gasteiger partial charge in [0.15, 0.2) is 0 Å². The number of methoxy groups -OCH3 is 1. The number of nitrogens with zero attached hydrogens (tertiary/aromatic N) is 3. The van der Waals surface area contributed by atoms with Crippen LogP contribution in [0.25, 0.3) is 22.8 Å². The molecule has 0 spiro atoms. The quantitative estimate of drug-likeness (QED) is 0.651. The van der Waals surface area contributed by atoms with Crippen molar-refractivity contribution in [1.29, 1.82) is 5.26 Å². The van der Waals surface area contributed by atoms with Crippen LogP contribution in [0.1, 0.15) is 26.3 Å². The molecule has 148 valence electrons. The van der Waals surface area contributed by atoms with Crippen LogP contribution in [0.4, 0.5) is 11.4 Å². The van der Waals surface area contributed by atoms with Crippen molar-refractivity contribution in [3.63, 3.8) is 0 Å². The van der Waals surface area contributed by atoms with Gasteiger partial charge in [0.1, 0.15) is 11.8 Å². The molecule has 8 heteroatoms. The summed E-state index contributed by atoms with van der Waals surface area (Å²) in [6.45, 7) is 5.44. The molecule has 0 radical (unpaired) electrons. The van der Waals surface area contributed by atoms with Crippen molar-refractivity contribution in [3.05, 3.63) is 42.0 Å². The first-order valence-electron chi connectivity index (χ1n) is 9.02. The van der Waals surface area contributed by atoms with E-state index in [2.05, 4.69) is 26.8 Å². The van der Waals surface area contributed by atoms with Gasteiger partial charge in [0, 0.05) is 30.3 Å². The zero-order valence-corrected chi connectivity index (χ0v) is 16.6. The maximum atomic E-state index is 11.2. The lowest BCUT2D eigenvalue weighted by atomic mass is 10.1. The zero-order valence-electron chi connectivity index (χ0n) is 16.6. The van der Waals surface area contributed by atoms with Gasteiger partial charge in [-0.25, -0.2) is 0 Å². The molecule has 2 N–H and O–H groups in total. The van der Waals surface area contributed by atoms with Crippen molar-refractivity contribution < 1.29 is 14.1 Å². The Morgan fingerprint density at radius 1 is 1.24 bits per heavy atom. The SMILES string of the molecule is COc1cc(NC(C)=O)ccc1-c1noc(-c2ccc(NC(C)C)c(C#N)c2)n1. The molecule has 0 aliphatic carbocycles. The summed E-state index contributed by atoms with van der Waals surface area (Å²) in [5.41, 5.74) is 3.11. The van der Waals surface area contributed by atoms with Gasteiger partial charge < -0.3 is 19.9 Å². The number of carbonyl (C=O) groups is 1. The molecule has 0 saturated carbocycles. The van der Waals surface area contributed by atoms with Crippen molar-refractivity contribution in [2.75, 3.05) is 17.7 Å². The highest BCUT2D eigenvalue weighted by Crippen LogP contribution is 2.32. The minimum atomic E-state index is -0.176. The summed E-state index contributed by atoms with van der Waals surface area (Å²) in [6.07, 6.45) is 0. The summed E-state index contributed by atoms with van der Waals surface area (Å²) in [7, 11) is 1.52. The van der Waals surface area contributed by atoms with Crippen LogP contribution < -0.4 is 15.4 Å². The number of nitriles is 1. The molecule has 0 fully saturated rings. The van der Waals surface area contributed by atoms with E-state index < -0.39 is 0 Å². The largest absolute Gasteiger partial charge is 0.496 e. The van der Waals surface area contributed by atoms with Crippen LogP contribution in [0, 0.1) is 11.3 Å². The average molecular weight is 391 g/mol. The maximum Gasteiger partial charge on any atom is 0.258 e. The lowest BCUT2D eigenvalue weighted by Gasteiger charge is -2.11. The number of hydrogen-bond donors (Lipinski definition) is 2. The molecule has 0 saturated heterocycles. The molecule has 0 aliphatic heterocycles. The van der Waals surface area contributed by atoms with Gasteiger partial charge in [0.2, 0.25) is 11.7 Å². The van der Waals surface area contributed by atoms with E-state index in [9.17, 15) is 10.1 Å². The molecule has 3 rings (SSSR count). The van der Waals surface area contributed by atoms with Crippen LogP contribution in [0.15, 0.2) is 40.9 Å². The predicted octanol–water partition coefficient (Wildman–Crippen LogP) is 4.06. The van der Waals surface area contributed by atoms with Gasteiger partial charge in [-0.3, -0.25) is 4.79 Å². The Kier molecular flexibility index (Phi) is 5.79. The van der Waals surface area contributed by atoms with Gasteiger partial charge in [-0.2, -0.15) is 10.2 Å². The second-order valence-corrected chi connectivity index (χ2v) is 6.69. The van der Waals surface area contributed by atoms with Crippen molar-refractivity contribution in [1.82, 2.24) is 10.1 Å². The summed E-state index contributed by atoms with van der Waals surface area (Å²) in [6, 6.07) is 12.9. The summed E-state index contributed by atoms with van der Waals surface area (Å²) in [4.78, 5) is 15.7. The molecule has 8 nitrogen and oxygen atoms in total. The molecular weight excluding hydrogens is 370 g/mol. The second kappa shape index (κ2) is 8.44. The third-order valence-electron chi connectivity index (χ3n) is 4.02. The molecule has 2 aromatic carbocycles. The number of ether oxygens (including phenoxy) is 1. The monoisotopic (exact) mass is 391 g/mol. The Bertz CT molecular complexity index is 1080. The summed E-state index contributed by atoms with van der Waals surface area (Å²) in [5.74, 6) is 0.956. The van der Waals surface area contributed by atoms with E-state index in [1.807, 2.05) is 26.0 Å². The number of hydrogen-bond acceptors (Lipinski definition) is 7. The summed E-state index contributed by atoms with van der Waals surface area (Å²) >= 11 is 0. The van der Waals surface area contributed by atoms with Gasteiger partial charge >= 0.3 is 0 Å². The molecule has 0 unspecified atom stereocenters. The van der Waals surface area contributed by atoms with Crippen molar-refractivity contribution in [3.8, 4) is 34.7 Å². The maximum absolute atomic E-state index is 11.2. The highest BCUT2D eigenvalue weighted by Gasteiger charge is 2.16. The topological polar surface area (TPSA) is 113 Å². The number of rotatable bonds is 6. The fraction of sp³-hybridized carbons (Fsp3) is 0.238. The third kappa shape index (κ3) is 4.52. The van der Waals surface area contributed by atoms with Crippen LogP contribution in [0.3, 0.4) is 0 Å². The van der Waals surface area contributed by atoms with Crippen molar-refractivity contribution in [2.24, 2.45) is 0 Å². The fourth-order valence-electron chi connectivity index (χ4n) is 2.81. The Morgan fingerprint density at radius 3 is 2.69 bits per heavy atom. The number of carbonyl (C=O) groups excluding carboxylic acids is 1. The molecule has 3 aromatic rings. The fourth-order valence-corrected chi connectivity index (χ4v) is 2.81. The lowest BCUT2D eigenvalue weighted by Crippen LogP contribution is -2.10.